The van der Waals surface area contributed by atoms with Crippen molar-refractivity contribution < 1.29 is 14.7 Å². The van der Waals surface area contributed by atoms with Crippen LogP contribution in [-0.2, 0) is 16.0 Å². The van der Waals surface area contributed by atoms with E-state index in [1.54, 1.807) is 4.90 Å². The molecule has 1 aromatic carbocycles. The molecule has 0 spiro atoms. The van der Waals surface area contributed by atoms with E-state index in [4.69, 9.17) is 0 Å². The van der Waals surface area contributed by atoms with Gasteiger partial charge >= 0.3 is 5.97 Å². The monoisotopic (exact) mass is 271 g/mol. The van der Waals surface area contributed by atoms with Crippen molar-refractivity contribution >= 4 is 11.9 Å². The summed E-state index contributed by atoms with van der Waals surface area (Å²) in [6, 6.07) is 6.67. The second-order valence-corrected chi connectivity index (χ2v) is 5.36. The molecule has 0 aromatic heterocycles. The summed E-state index contributed by atoms with van der Waals surface area (Å²) in [7, 11) is 0. The van der Waals surface area contributed by atoms with Crippen LogP contribution in [0.3, 0.4) is 0 Å². The Morgan fingerprint density at radius 1 is 1.15 bits per heavy atom. The Bertz CT molecular complexity index is 571. The van der Waals surface area contributed by atoms with Gasteiger partial charge in [-0.1, -0.05) is 36.4 Å². The van der Waals surface area contributed by atoms with E-state index in [0.29, 0.717) is 6.54 Å². The van der Waals surface area contributed by atoms with Crippen LogP contribution < -0.4 is 0 Å². The molecule has 4 heteroatoms. The molecule has 0 saturated carbocycles. The Hall–Kier alpha value is -2.10. The number of allylic oxidation sites excluding steroid dienone is 2. The van der Waals surface area contributed by atoms with Gasteiger partial charge in [0.1, 0.15) is 0 Å². The minimum Gasteiger partial charge on any atom is -0.479 e. The van der Waals surface area contributed by atoms with E-state index in [-0.39, 0.29) is 11.8 Å². The number of amides is 1. The summed E-state index contributed by atoms with van der Waals surface area (Å²) in [5.74, 6) is -1.06. The van der Waals surface area contributed by atoms with E-state index >= 15 is 0 Å². The molecule has 0 saturated heterocycles. The lowest BCUT2D eigenvalue weighted by atomic mass is 9.91. The first-order valence-electron chi connectivity index (χ1n) is 6.94. The summed E-state index contributed by atoms with van der Waals surface area (Å²) >= 11 is 0. The highest BCUT2D eigenvalue weighted by molar-refractivity contribution is 5.87. The van der Waals surface area contributed by atoms with Crippen LogP contribution in [0.1, 0.15) is 30.0 Å². The minimum atomic E-state index is -0.948. The second kappa shape index (κ2) is 5.12. The number of hydrogen-bond acceptors (Lipinski definition) is 2. The summed E-state index contributed by atoms with van der Waals surface area (Å²) in [6.07, 6.45) is 6.17. The van der Waals surface area contributed by atoms with Crippen LogP contribution in [0.4, 0.5) is 0 Å². The van der Waals surface area contributed by atoms with Gasteiger partial charge in [0.25, 0.3) is 0 Å². The molecule has 1 heterocycles. The highest BCUT2D eigenvalue weighted by atomic mass is 16.4. The first kappa shape index (κ1) is 12.9. The van der Waals surface area contributed by atoms with Crippen molar-refractivity contribution in [1.82, 2.24) is 4.90 Å². The molecule has 1 amide bonds. The molecule has 0 bridgehead atoms. The third kappa shape index (κ3) is 2.11. The molecule has 0 radical (unpaired) electrons. The fourth-order valence-electron chi connectivity index (χ4n) is 3.12. The van der Waals surface area contributed by atoms with Gasteiger partial charge in [-0.05, 0) is 30.4 Å². The third-order valence-corrected chi connectivity index (χ3v) is 4.16. The quantitative estimate of drug-likeness (QED) is 0.839. The van der Waals surface area contributed by atoms with Gasteiger partial charge in [0.05, 0.1) is 0 Å². The number of nitrogens with zero attached hydrogens (tertiary/aromatic N) is 1. The predicted octanol–water partition coefficient (Wildman–Crippen LogP) is 2.16. The van der Waals surface area contributed by atoms with E-state index in [0.717, 1.165) is 30.4 Å². The Kier molecular flexibility index (Phi) is 3.30. The van der Waals surface area contributed by atoms with Crippen LogP contribution in [0.15, 0.2) is 36.4 Å². The number of carbonyl (C=O) groups excluding carboxylic acids is 1. The number of carboxylic acid groups (broad SMARTS) is 1. The third-order valence-electron chi connectivity index (χ3n) is 4.16. The number of hydrogen-bond donors (Lipinski definition) is 1. The normalized spacial score (nSPS) is 21.8. The van der Waals surface area contributed by atoms with E-state index in [9.17, 15) is 14.7 Å². The molecule has 1 aliphatic heterocycles. The van der Waals surface area contributed by atoms with Gasteiger partial charge in [0.2, 0.25) is 5.91 Å². The van der Waals surface area contributed by atoms with Crippen molar-refractivity contribution in [1.29, 1.82) is 0 Å². The van der Waals surface area contributed by atoms with E-state index < -0.39 is 12.0 Å². The fourth-order valence-corrected chi connectivity index (χ4v) is 3.12. The van der Waals surface area contributed by atoms with Crippen molar-refractivity contribution in [2.75, 3.05) is 6.54 Å². The van der Waals surface area contributed by atoms with Crippen molar-refractivity contribution in [3.63, 3.8) is 0 Å². The topological polar surface area (TPSA) is 57.6 Å². The Labute approximate surface area is 117 Å². The van der Waals surface area contributed by atoms with Gasteiger partial charge < -0.3 is 10.0 Å². The number of rotatable bonds is 2. The maximum atomic E-state index is 12.5. The lowest BCUT2D eigenvalue weighted by Gasteiger charge is -2.36. The second-order valence-electron chi connectivity index (χ2n) is 5.36. The van der Waals surface area contributed by atoms with Crippen molar-refractivity contribution in [2.45, 2.75) is 25.3 Å². The molecule has 1 aliphatic carbocycles. The number of fused-ring (bicyclic) bond motifs is 1. The van der Waals surface area contributed by atoms with E-state index in [2.05, 4.69) is 0 Å². The average molecular weight is 271 g/mol. The molecule has 1 atom stereocenters. The summed E-state index contributed by atoms with van der Waals surface area (Å²) < 4.78 is 0. The van der Waals surface area contributed by atoms with Gasteiger partial charge in [-0.25, -0.2) is 4.79 Å². The zero-order chi connectivity index (χ0) is 14.1. The zero-order valence-corrected chi connectivity index (χ0v) is 11.2. The van der Waals surface area contributed by atoms with E-state index in [1.165, 1.54) is 0 Å². The molecule has 20 heavy (non-hydrogen) atoms. The highest BCUT2D eigenvalue weighted by Crippen LogP contribution is 2.33. The average Bonchev–Trinajstić information content (AvgIpc) is 2.99. The van der Waals surface area contributed by atoms with Gasteiger partial charge in [0, 0.05) is 12.5 Å². The molecule has 104 valence electrons. The maximum absolute atomic E-state index is 12.5. The van der Waals surface area contributed by atoms with Gasteiger partial charge in [0.15, 0.2) is 6.04 Å². The van der Waals surface area contributed by atoms with Gasteiger partial charge in [-0.2, -0.15) is 0 Å². The number of carbonyl (C=O) groups is 2. The van der Waals surface area contributed by atoms with Crippen LogP contribution in [0.2, 0.25) is 0 Å². The lowest BCUT2D eigenvalue weighted by molar-refractivity contribution is -0.153. The molecular weight excluding hydrogens is 254 g/mol. The molecule has 3 rings (SSSR count). The molecule has 1 aromatic rings. The Morgan fingerprint density at radius 2 is 1.85 bits per heavy atom. The molecule has 2 aliphatic rings. The molecule has 0 unspecified atom stereocenters. The van der Waals surface area contributed by atoms with Crippen LogP contribution in [-0.4, -0.2) is 28.4 Å². The smallest absolute Gasteiger partial charge is 0.331 e. The van der Waals surface area contributed by atoms with Crippen molar-refractivity contribution in [3.05, 3.63) is 47.5 Å². The zero-order valence-electron chi connectivity index (χ0n) is 11.2. The standard InChI is InChI=1S/C16H17NO3/c18-15(12-6-1-2-7-12)17-10-9-11-5-3-4-8-13(11)14(17)16(19)20/h1-5,8,12,14H,6-7,9-10H2,(H,19,20)/t14-/m1/s1. The highest BCUT2D eigenvalue weighted by Gasteiger charge is 2.38. The maximum Gasteiger partial charge on any atom is 0.331 e. The van der Waals surface area contributed by atoms with Gasteiger partial charge in [-0.15, -0.1) is 0 Å². The predicted molar refractivity (Wildman–Crippen MR) is 74.1 cm³/mol. The Morgan fingerprint density at radius 3 is 2.55 bits per heavy atom. The largest absolute Gasteiger partial charge is 0.479 e. The summed E-state index contributed by atoms with van der Waals surface area (Å²) in [5, 5.41) is 9.54. The van der Waals surface area contributed by atoms with Crippen LogP contribution >= 0.6 is 0 Å². The molecule has 4 nitrogen and oxygen atoms in total. The summed E-state index contributed by atoms with van der Waals surface area (Å²) in [6.45, 7) is 0.489. The SMILES string of the molecule is O=C(O)[C@H]1c2ccccc2CCN1C(=O)C1CC=CC1. The summed E-state index contributed by atoms with van der Waals surface area (Å²) in [5.41, 5.74) is 1.79. The van der Waals surface area contributed by atoms with Crippen molar-refractivity contribution in [2.24, 2.45) is 5.92 Å². The van der Waals surface area contributed by atoms with Crippen LogP contribution in [0, 0.1) is 5.92 Å². The minimum absolute atomic E-state index is 0.0306. The lowest BCUT2D eigenvalue weighted by Crippen LogP contribution is -2.45. The first-order chi connectivity index (χ1) is 9.68. The molecule has 0 fully saturated rings. The number of benzene rings is 1. The molecular formula is C16H17NO3. The first-order valence-corrected chi connectivity index (χ1v) is 6.94. The molecule has 1 N–H and O–H groups in total. The van der Waals surface area contributed by atoms with Crippen LogP contribution in [0.5, 0.6) is 0 Å². The van der Waals surface area contributed by atoms with Gasteiger partial charge in [-0.3, -0.25) is 4.79 Å². The summed E-state index contributed by atoms with van der Waals surface area (Å²) in [4.78, 5) is 25.7. The van der Waals surface area contributed by atoms with Crippen molar-refractivity contribution in [3.8, 4) is 0 Å². The fraction of sp³-hybridized carbons (Fsp3) is 0.375. The number of aliphatic carboxylic acids is 1. The van der Waals surface area contributed by atoms with Crippen LogP contribution in [0.25, 0.3) is 0 Å². The van der Waals surface area contributed by atoms with E-state index in [1.807, 2.05) is 36.4 Å². The Balaban J connectivity index is 1.92. The number of carboxylic acids is 1.